The minimum absolute atomic E-state index is 0.0681. The van der Waals surface area contributed by atoms with Gasteiger partial charge in [-0.05, 0) is 37.5 Å². The average molecular weight is 386 g/mol. The van der Waals surface area contributed by atoms with E-state index in [4.69, 9.17) is 0 Å². The van der Waals surface area contributed by atoms with Crippen LogP contribution in [0.1, 0.15) is 59.7 Å². The molecule has 1 aliphatic heterocycles. The van der Waals surface area contributed by atoms with Crippen molar-refractivity contribution >= 4 is 11.8 Å². The second-order valence-corrected chi connectivity index (χ2v) is 7.34. The van der Waals surface area contributed by atoms with Crippen LogP contribution in [-0.2, 0) is 6.54 Å². The third kappa shape index (κ3) is 4.08. The molecule has 0 spiro atoms. The normalized spacial score (nSPS) is 15.0. The lowest BCUT2D eigenvalue weighted by molar-refractivity contribution is 0.0709. The maximum absolute atomic E-state index is 14.0. The molecular formula is C21H27FN4O2. The third-order valence-corrected chi connectivity index (χ3v) is 5.08. The Hall–Kier alpha value is -2.70. The van der Waals surface area contributed by atoms with Crippen LogP contribution in [0.5, 0.6) is 0 Å². The first kappa shape index (κ1) is 20.0. The van der Waals surface area contributed by atoms with Crippen LogP contribution in [0, 0.1) is 5.82 Å². The first-order valence-corrected chi connectivity index (χ1v) is 9.83. The van der Waals surface area contributed by atoms with Gasteiger partial charge in [0.2, 0.25) is 0 Å². The molecular weight excluding hydrogens is 359 g/mol. The third-order valence-electron chi connectivity index (χ3n) is 5.08. The fraction of sp³-hybridized carbons (Fsp3) is 0.476. The van der Waals surface area contributed by atoms with Gasteiger partial charge in [0.1, 0.15) is 11.5 Å². The summed E-state index contributed by atoms with van der Waals surface area (Å²) in [7, 11) is 0. The molecule has 2 amide bonds. The van der Waals surface area contributed by atoms with E-state index in [-0.39, 0.29) is 23.3 Å². The van der Waals surface area contributed by atoms with Gasteiger partial charge in [-0.2, -0.15) is 5.10 Å². The highest BCUT2D eigenvalue weighted by Crippen LogP contribution is 2.18. The van der Waals surface area contributed by atoms with Crippen LogP contribution in [0.15, 0.2) is 30.3 Å². The number of carbonyl (C=O) groups excluding carboxylic acids is 2. The van der Waals surface area contributed by atoms with Crippen molar-refractivity contribution < 1.29 is 14.0 Å². The topological polar surface area (TPSA) is 58.4 Å². The van der Waals surface area contributed by atoms with Gasteiger partial charge in [0.15, 0.2) is 0 Å². The Bertz CT molecular complexity index is 862. The highest BCUT2D eigenvalue weighted by molar-refractivity contribution is 5.95. The Morgan fingerprint density at radius 3 is 2.32 bits per heavy atom. The summed E-state index contributed by atoms with van der Waals surface area (Å²) in [6, 6.07) is 7.88. The van der Waals surface area contributed by atoms with Gasteiger partial charge in [0.25, 0.3) is 11.8 Å². The van der Waals surface area contributed by atoms with Crippen molar-refractivity contribution in [1.29, 1.82) is 0 Å². The highest BCUT2D eigenvalue weighted by atomic mass is 19.1. The van der Waals surface area contributed by atoms with Crippen molar-refractivity contribution in [2.24, 2.45) is 0 Å². The SMILES string of the molecule is CCn1nc(C(C)C)cc1C(=O)N1CCCN(C(=O)c2ccccc2F)CC1. The molecule has 1 saturated heterocycles. The van der Waals surface area contributed by atoms with Crippen LogP contribution >= 0.6 is 0 Å². The molecule has 150 valence electrons. The van der Waals surface area contributed by atoms with E-state index in [2.05, 4.69) is 18.9 Å². The van der Waals surface area contributed by atoms with Crippen LogP contribution in [0.4, 0.5) is 4.39 Å². The molecule has 3 rings (SSSR count). The smallest absolute Gasteiger partial charge is 0.272 e. The number of halogens is 1. The quantitative estimate of drug-likeness (QED) is 0.811. The van der Waals surface area contributed by atoms with E-state index in [1.807, 2.05) is 13.0 Å². The molecule has 6 nitrogen and oxygen atoms in total. The van der Waals surface area contributed by atoms with Crippen molar-refractivity contribution in [3.8, 4) is 0 Å². The van der Waals surface area contributed by atoms with Crippen molar-refractivity contribution in [3.05, 3.63) is 53.1 Å². The van der Waals surface area contributed by atoms with E-state index in [0.717, 1.165) is 5.69 Å². The van der Waals surface area contributed by atoms with E-state index in [1.165, 1.54) is 12.1 Å². The molecule has 0 saturated carbocycles. The summed E-state index contributed by atoms with van der Waals surface area (Å²) in [5.41, 5.74) is 1.56. The van der Waals surface area contributed by atoms with E-state index in [1.54, 1.807) is 26.6 Å². The molecule has 0 radical (unpaired) electrons. The molecule has 1 aliphatic rings. The number of hydrogen-bond donors (Lipinski definition) is 0. The van der Waals surface area contributed by atoms with Gasteiger partial charge in [-0.15, -0.1) is 0 Å². The lowest BCUT2D eigenvalue weighted by atomic mass is 10.1. The molecule has 1 fully saturated rings. The monoisotopic (exact) mass is 386 g/mol. The van der Waals surface area contributed by atoms with Crippen molar-refractivity contribution in [2.75, 3.05) is 26.2 Å². The summed E-state index contributed by atoms with van der Waals surface area (Å²) in [6.07, 6.45) is 0.656. The van der Waals surface area contributed by atoms with E-state index in [0.29, 0.717) is 44.8 Å². The molecule has 1 aromatic carbocycles. The number of benzene rings is 1. The lowest BCUT2D eigenvalue weighted by Crippen LogP contribution is -2.38. The van der Waals surface area contributed by atoms with Gasteiger partial charge >= 0.3 is 0 Å². The van der Waals surface area contributed by atoms with E-state index in [9.17, 15) is 14.0 Å². The van der Waals surface area contributed by atoms with Crippen LogP contribution in [0.25, 0.3) is 0 Å². The Kier molecular flexibility index (Phi) is 6.11. The average Bonchev–Trinajstić information content (AvgIpc) is 2.98. The number of aryl methyl sites for hydroxylation is 1. The fourth-order valence-electron chi connectivity index (χ4n) is 3.42. The molecule has 7 heteroatoms. The number of rotatable bonds is 4. The molecule has 2 heterocycles. The van der Waals surface area contributed by atoms with E-state index >= 15 is 0 Å². The van der Waals surface area contributed by atoms with Gasteiger partial charge in [0, 0.05) is 32.7 Å². The number of carbonyl (C=O) groups is 2. The van der Waals surface area contributed by atoms with Crippen molar-refractivity contribution in [1.82, 2.24) is 19.6 Å². The zero-order valence-electron chi connectivity index (χ0n) is 16.7. The Morgan fingerprint density at radius 1 is 1.07 bits per heavy atom. The van der Waals surface area contributed by atoms with Gasteiger partial charge in [-0.1, -0.05) is 26.0 Å². The maximum Gasteiger partial charge on any atom is 0.272 e. The minimum Gasteiger partial charge on any atom is -0.337 e. The predicted octanol–water partition coefficient (Wildman–Crippen LogP) is 3.15. The number of nitrogens with zero attached hydrogens (tertiary/aromatic N) is 4. The Labute approximate surface area is 164 Å². The van der Waals surface area contributed by atoms with E-state index < -0.39 is 5.82 Å². The largest absolute Gasteiger partial charge is 0.337 e. The van der Waals surface area contributed by atoms with Crippen LogP contribution in [0.2, 0.25) is 0 Å². The second-order valence-electron chi connectivity index (χ2n) is 7.34. The van der Waals surface area contributed by atoms with Crippen LogP contribution in [0.3, 0.4) is 0 Å². The summed E-state index contributed by atoms with van der Waals surface area (Å²) in [5, 5.41) is 4.52. The number of hydrogen-bond acceptors (Lipinski definition) is 3. The van der Waals surface area contributed by atoms with Crippen LogP contribution in [-0.4, -0.2) is 57.6 Å². The zero-order chi connectivity index (χ0) is 20.3. The predicted molar refractivity (Wildman–Crippen MR) is 105 cm³/mol. The van der Waals surface area contributed by atoms with Gasteiger partial charge < -0.3 is 9.80 Å². The Balaban J connectivity index is 1.72. The van der Waals surface area contributed by atoms with Gasteiger partial charge in [0.05, 0.1) is 11.3 Å². The molecule has 2 aromatic rings. The molecule has 0 bridgehead atoms. The molecule has 0 unspecified atom stereocenters. The first-order chi connectivity index (χ1) is 13.4. The fourth-order valence-corrected chi connectivity index (χ4v) is 3.42. The first-order valence-electron chi connectivity index (χ1n) is 9.83. The number of aromatic nitrogens is 2. The minimum atomic E-state index is -0.516. The molecule has 1 aromatic heterocycles. The molecule has 28 heavy (non-hydrogen) atoms. The summed E-state index contributed by atoms with van der Waals surface area (Å²) >= 11 is 0. The molecule has 0 aliphatic carbocycles. The second kappa shape index (κ2) is 8.54. The van der Waals surface area contributed by atoms with Crippen molar-refractivity contribution in [2.45, 2.75) is 39.7 Å². The Morgan fingerprint density at radius 2 is 1.71 bits per heavy atom. The highest BCUT2D eigenvalue weighted by Gasteiger charge is 2.27. The maximum atomic E-state index is 14.0. The molecule has 0 N–H and O–H groups in total. The summed E-state index contributed by atoms with van der Waals surface area (Å²) in [5.74, 6) is -0.662. The summed E-state index contributed by atoms with van der Waals surface area (Å²) in [4.78, 5) is 29.1. The lowest BCUT2D eigenvalue weighted by Gasteiger charge is -2.22. The van der Waals surface area contributed by atoms with Gasteiger partial charge in [-0.25, -0.2) is 4.39 Å². The molecule has 0 atom stereocenters. The van der Waals surface area contributed by atoms with Crippen molar-refractivity contribution in [3.63, 3.8) is 0 Å². The van der Waals surface area contributed by atoms with Gasteiger partial charge in [-0.3, -0.25) is 14.3 Å². The van der Waals surface area contributed by atoms with Crippen LogP contribution < -0.4 is 0 Å². The standard InChI is InChI=1S/C21H27FN4O2/c1-4-26-19(14-18(23-26)15(2)3)21(28)25-11-7-10-24(12-13-25)20(27)16-8-5-6-9-17(16)22/h5-6,8-9,14-15H,4,7,10-13H2,1-3H3. The summed E-state index contributed by atoms with van der Waals surface area (Å²) < 4.78 is 15.7. The zero-order valence-corrected chi connectivity index (χ0v) is 16.7. The summed E-state index contributed by atoms with van der Waals surface area (Å²) in [6.45, 7) is 8.56. The number of amides is 2.